The van der Waals surface area contributed by atoms with Crippen LogP contribution < -0.4 is 10.2 Å². The molecule has 0 bridgehead atoms. The van der Waals surface area contributed by atoms with Crippen LogP contribution in [0.2, 0.25) is 0 Å². The SMILES string of the molecule is C=N/C(=C\C=C(/C)Cl)NC(=O)c1cc(N2CCC[C@@H](F)C2)nc2c1CCOCC2. The van der Waals surface area contributed by atoms with Crippen LogP contribution in [0.4, 0.5) is 10.2 Å². The number of nitrogens with zero attached hydrogens (tertiary/aromatic N) is 3. The average molecular weight is 421 g/mol. The molecule has 1 aromatic rings. The van der Waals surface area contributed by atoms with E-state index in [4.69, 9.17) is 21.3 Å². The minimum atomic E-state index is -0.880. The first-order valence-corrected chi connectivity index (χ1v) is 10.2. The summed E-state index contributed by atoms with van der Waals surface area (Å²) in [7, 11) is 0. The number of pyridine rings is 1. The fraction of sp³-hybridized carbons (Fsp3) is 0.476. The Balaban J connectivity index is 1.96. The fourth-order valence-electron chi connectivity index (χ4n) is 3.55. The highest BCUT2D eigenvalue weighted by atomic mass is 35.5. The van der Waals surface area contributed by atoms with Gasteiger partial charge in [0.2, 0.25) is 0 Å². The van der Waals surface area contributed by atoms with Gasteiger partial charge in [0.05, 0.1) is 19.8 Å². The van der Waals surface area contributed by atoms with Crippen molar-refractivity contribution in [1.82, 2.24) is 10.3 Å². The summed E-state index contributed by atoms with van der Waals surface area (Å²) in [5.74, 6) is 0.625. The van der Waals surface area contributed by atoms with E-state index in [2.05, 4.69) is 17.0 Å². The minimum Gasteiger partial charge on any atom is -0.381 e. The third-order valence-corrected chi connectivity index (χ3v) is 5.12. The molecule has 1 fully saturated rings. The number of hydrogen-bond donors (Lipinski definition) is 1. The first-order chi connectivity index (χ1) is 14.0. The van der Waals surface area contributed by atoms with Crippen molar-refractivity contribution in [2.24, 2.45) is 4.99 Å². The summed E-state index contributed by atoms with van der Waals surface area (Å²) in [4.78, 5) is 23.6. The average Bonchev–Trinajstić information content (AvgIpc) is 2.95. The molecule has 3 rings (SSSR count). The van der Waals surface area contributed by atoms with Gasteiger partial charge in [0.1, 0.15) is 17.8 Å². The Morgan fingerprint density at radius 2 is 2.24 bits per heavy atom. The van der Waals surface area contributed by atoms with Gasteiger partial charge in [-0.25, -0.2) is 14.4 Å². The van der Waals surface area contributed by atoms with Crippen LogP contribution in [0.15, 0.2) is 34.1 Å². The lowest BCUT2D eigenvalue weighted by molar-refractivity contribution is 0.0964. The van der Waals surface area contributed by atoms with Gasteiger partial charge in [0.15, 0.2) is 0 Å². The van der Waals surface area contributed by atoms with Crippen molar-refractivity contribution in [3.63, 3.8) is 0 Å². The van der Waals surface area contributed by atoms with Crippen molar-refractivity contribution in [1.29, 1.82) is 0 Å². The third-order valence-electron chi connectivity index (χ3n) is 4.99. The zero-order chi connectivity index (χ0) is 20.8. The number of fused-ring (bicyclic) bond motifs is 1. The maximum absolute atomic E-state index is 13.9. The lowest BCUT2D eigenvalue weighted by atomic mass is 10.0. The summed E-state index contributed by atoms with van der Waals surface area (Å²) in [6.45, 7) is 7.33. The summed E-state index contributed by atoms with van der Waals surface area (Å²) in [5.41, 5.74) is 2.21. The zero-order valence-corrected chi connectivity index (χ0v) is 17.3. The molecule has 3 heterocycles. The smallest absolute Gasteiger partial charge is 0.257 e. The molecule has 0 aromatic carbocycles. The van der Waals surface area contributed by atoms with E-state index in [1.54, 1.807) is 25.1 Å². The van der Waals surface area contributed by atoms with Crippen molar-refractivity contribution < 1.29 is 13.9 Å². The molecule has 0 saturated carbocycles. The summed E-state index contributed by atoms with van der Waals surface area (Å²) in [6, 6.07) is 1.75. The first-order valence-electron chi connectivity index (χ1n) is 9.79. The van der Waals surface area contributed by atoms with E-state index in [1.807, 2.05) is 4.90 Å². The second kappa shape index (κ2) is 9.98. The van der Waals surface area contributed by atoms with Crippen LogP contribution in [-0.2, 0) is 17.6 Å². The van der Waals surface area contributed by atoms with Gasteiger partial charge in [-0.2, -0.15) is 0 Å². The molecule has 1 amide bonds. The molecule has 1 aromatic heterocycles. The van der Waals surface area contributed by atoms with E-state index >= 15 is 0 Å². The molecule has 8 heteroatoms. The topological polar surface area (TPSA) is 66.8 Å². The molecule has 2 aliphatic heterocycles. The Kier molecular flexibility index (Phi) is 7.39. The van der Waals surface area contributed by atoms with Crippen LogP contribution in [0, 0.1) is 0 Å². The van der Waals surface area contributed by atoms with Crippen molar-refractivity contribution in [3.05, 3.63) is 45.9 Å². The van der Waals surface area contributed by atoms with E-state index in [0.717, 1.165) is 24.2 Å². The number of piperidine rings is 1. The largest absolute Gasteiger partial charge is 0.381 e. The normalized spacial score (nSPS) is 20.7. The Morgan fingerprint density at radius 3 is 2.97 bits per heavy atom. The van der Waals surface area contributed by atoms with Crippen LogP contribution in [0.3, 0.4) is 0 Å². The van der Waals surface area contributed by atoms with E-state index in [-0.39, 0.29) is 5.91 Å². The van der Waals surface area contributed by atoms with E-state index in [0.29, 0.717) is 61.3 Å². The summed E-state index contributed by atoms with van der Waals surface area (Å²) in [6.07, 6.45) is 4.89. The molecule has 2 aliphatic rings. The number of halogens is 2. The highest BCUT2D eigenvalue weighted by Gasteiger charge is 2.25. The number of hydrogen-bond acceptors (Lipinski definition) is 5. The van der Waals surface area contributed by atoms with Crippen LogP contribution in [-0.4, -0.2) is 50.1 Å². The predicted molar refractivity (Wildman–Crippen MR) is 114 cm³/mol. The number of carbonyl (C=O) groups is 1. The summed E-state index contributed by atoms with van der Waals surface area (Å²) >= 11 is 5.85. The molecule has 1 saturated heterocycles. The number of allylic oxidation sites excluding steroid dienone is 3. The standard InChI is InChI=1S/C21H26ClFN4O2/c1-14(22)5-6-19(24-2)26-21(28)17-12-20(27-9-3-4-15(23)13-27)25-18-8-11-29-10-7-16(17)18/h5-6,12,15H,2-4,7-11,13H2,1H3,(H,26,28)/b14-5+,19-6+/t15-/m1/s1. The van der Waals surface area contributed by atoms with Gasteiger partial charge in [-0.15, -0.1) is 0 Å². The Labute approximate surface area is 175 Å². The van der Waals surface area contributed by atoms with Crippen molar-refractivity contribution in [2.45, 2.75) is 38.8 Å². The Hall–Kier alpha value is -2.25. The summed E-state index contributed by atoms with van der Waals surface area (Å²) in [5, 5.41) is 3.34. The predicted octanol–water partition coefficient (Wildman–Crippen LogP) is 3.55. The van der Waals surface area contributed by atoms with Gasteiger partial charge >= 0.3 is 0 Å². The molecule has 0 radical (unpaired) electrons. The summed E-state index contributed by atoms with van der Waals surface area (Å²) < 4.78 is 19.5. The number of rotatable bonds is 5. The molecule has 0 spiro atoms. The van der Waals surface area contributed by atoms with E-state index in [9.17, 15) is 9.18 Å². The molecule has 0 unspecified atom stereocenters. The number of alkyl halides is 1. The van der Waals surface area contributed by atoms with Crippen LogP contribution in [0.25, 0.3) is 0 Å². The molecule has 1 N–H and O–H groups in total. The van der Waals surface area contributed by atoms with Gasteiger partial charge in [-0.1, -0.05) is 11.6 Å². The molecular weight excluding hydrogens is 395 g/mol. The Morgan fingerprint density at radius 1 is 1.45 bits per heavy atom. The van der Waals surface area contributed by atoms with E-state index in [1.165, 1.54) is 0 Å². The van der Waals surface area contributed by atoms with Gasteiger partial charge in [0, 0.05) is 29.3 Å². The molecule has 29 heavy (non-hydrogen) atoms. The number of ether oxygens (including phenoxy) is 1. The molecule has 1 atom stereocenters. The van der Waals surface area contributed by atoms with Crippen molar-refractivity contribution in [3.8, 4) is 0 Å². The maximum Gasteiger partial charge on any atom is 0.257 e. The molecule has 6 nitrogen and oxygen atoms in total. The minimum absolute atomic E-state index is 0.294. The maximum atomic E-state index is 13.9. The van der Waals surface area contributed by atoms with Gasteiger partial charge < -0.3 is 15.0 Å². The third kappa shape index (κ3) is 5.64. The number of nitrogens with one attached hydrogen (secondary N) is 1. The number of aliphatic imine (C=N–C) groups is 1. The second-order valence-corrected chi connectivity index (χ2v) is 7.76. The highest BCUT2D eigenvalue weighted by molar-refractivity contribution is 6.29. The number of aromatic nitrogens is 1. The fourth-order valence-corrected chi connectivity index (χ4v) is 3.61. The molecular formula is C21H26ClFN4O2. The van der Waals surface area contributed by atoms with Gasteiger partial charge in [-0.05, 0) is 56.7 Å². The van der Waals surface area contributed by atoms with Crippen LogP contribution in [0.1, 0.15) is 41.4 Å². The highest BCUT2D eigenvalue weighted by Crippen LogP contribution is 2.26. The van der Waals surface area contributed by atoms with Crippen molar-refractivity contribution >= 4 is 30.0 Å². The quantitative estimate of drug-likeness (QED) is 0.584. The number of anilines is 1. The lowest BCUT2D eigenvalue weighted by Crippen LogP contribution is -2.37. The lowest BCUT2D eigenvalue weighted by Gasteiger charge is -2.31. The first kappa shape index (κ1) is 21.5. The van der Waals surface area contributed by atoms with Gasteiger partial charge in [-0.3, -0.25) is 4.79 Å². The molecule has 0 aliphatic carbocycles. The van der Waals surface area contributed by atoms with E-state index < -0.39 is 6.17 Å². The van der Waals surface area contributed by atoms with Crippen LogP contribution in [0.5, 0.6) is 0 Å². The number of amides is 1. The van der Waals surface area contributed by atoms with Crippen molar-refractivity contribution in [2.75, 3.05) is 31.2 Å². The number of carbonyl (C=O) groups excluding carboxylic acids is 1. The monoisotopic (exact) mass is 420 g/mol. The van der Waals surface area contributed by atoms with Gasteiger partial charge in [0.25, 0.3) is 5.91 Å². The second-order valence-electron chi connectivity index (χ2n) is 7.17. The molecule has 156 valence electrons. The zero-order valence-electron chi connectivity index (χ0n) is 16.6. The van der Waals surface area contributed by atoms with Crippen LogP contribution >= 0.6 is 11.6 Å². The Bertz CT molecular complexity index is 836.